The van der Waals surface area contributed by atoms with Gasteiger partial charge in [-0.1, -0.05) is 31.2 Å². The average molecular weight is 230 g/mol. The molecular formula is C13H14N2O2. The molecule has 2 unspecified atom stereocenters. The second-order valence-electron chi connectivity index (χ2n) is 4.71. The highest BCUT2D eigenvalue weighted by atomic mass is 16.5. The number of fused-ring (bicyclic) bond motifs is 2. The van der Waals surface area contributed by atoms with Gasteiger partial charge in [-0.2, -0.15) is 4.99 Å². The summed E-state index contributed by atoms with van der Waals surface area (Å²) in [5, 5.41) is 0. The van der Waals surface area contributed by atoms with Gasteiger partial charge >= 0.3 is 0 Å². The predicted molar refractivity (Wildman–Crippen MR) is 63.5 cm³/mol. The van der Waals surface area contributed by atoms with Crippen molar-refractivity contribution in [2.75, 3.05) is 0 Å². The molecule has 1 aromatic rings. The number of rotatable bonds is 0. The van der Waals surface area contributed by atoms with Crippen molar-refractivity contribution in [1.29, 1.82) is 0 Å². The molecule has 88 valence electrons. The van der Waals surface area contributed by atoms with Gasteiger partial charge in [0.2, 0.25) is 5.60 Å². The number of benzene rings is 1. The zero-order chi connectivity index (χ0) is 12.0. The molecular weight excluding hydrogens is 216 g/mol. The molecule has 0 aromatic heterocycles. The minimum Gasteiger partial charge on any atom is -0.443 e. The van der Waals surface area contributed by atoms with Gasteiger partial charge in [-0.15, -0.1) is 0 Å². The van der Waals surface area contributed by atoms with Crippen LogP contribution in [0.15, 0.2) is 29.3 Å². The van der Waals surface area contributed by atoms with Crippen molar-refractivity contribution in [3.05, 3.63) is 35.4 Å². The van der Waals surface area contributed by atoms with Gasteiger partial charge in [0.1, 0.15) is 0 Å². The Morgan fingerprint density at radius 2 is 2.24 bits per heavy atom. The zero-order valence-corrected chi connectivity index (χ0v) is 9.64. The lowest BCUT2D eigenvalue weighted by Crippen LogP contribution is -2.39. The molecule has 0 bridgehead atoms. The Hall–Kier alpha value is -1.84. The molecule has 2 N–H and O–H groups in total. The summed E-state index contributed by atoms with van der Waals surface area (Å²) in [5.74, 6) is 0.171. The van der Waals surface area contributed by atoms with Crippen LogP contribution in [0.3, 0.4) is 0 Å². The van der Waals surface area contributed by atoms with Crippen LogP contribution in [0.5, 0.6) is 0 Å². The van der Waals surface area contributed by atoms with Crippen LogP contribution in [0.1, 0.15) is 36.8 Å². The van der Waals surface area contributed by atoms with Crippen molar-refractivity contribution in [3.63, 3.8) is 0 Å². The van der Waals surface area contributed by atoms with E-state index in [0.717, 1.165) is 17.5 Å². The Balaban J connectivity index is 2.17. The van der Waals surface area contributed by atoms with Crippen LogP contribution in [-0.2, 0) is 15.1 Å². The Morgan fingerprint density at radius 1 is 1.47 bits per heavy atom. The highest BCUT2D eigenvalue weighted by molar-refractivity contribution is 6.01. The van der Waals surface area contributed by atoms with Crippen LogP contribution >= 0.6 is 0 Å². The average Bonchev–Trinajstić information content (AvgIpc) is 2.61. The molecule has 1 aliphatic carbocycles. The SMILES string of the molecule is CC1CCC2(OC(N)=NC2=O)c2ccccc21. The molecule has 1 spiro atoms. The summed E-state index contributed by atoms with van der Waals surface area (Å²) in [5.41, 5.74) is 6.67. The summed E-state index contributed by atoms with van der Waals surface area (Å²) in [6.45, 7) is 2.16. The fourth-order valence-electron chi connectivity index (χ4n) is 2.77. The van der Waals surface area contributed by atoms with E-state index in [2.05, 4.69) is 11.9 Å². The molecule has 3 rings (SSSR count). The first-order chi connectivity index (χ1) is 8.13. The van der Waals surface area contributed by atoms with Gasteiger partial charge < -0.3 is 10.5 Å². The first kappa shape index (κ1) is 10.3. The standard InChI is InChI=1S/C13H14N2O2/c1-8-6-7-13(11(16)15-12(14)17-13)10-5-3-2-4-9(8)10/h2-5,8H,6-7H2,1H3,(H2,14,15,16). The Bertz CT molecular complexity index is 524. The number of hydrogen-bond acceptors (Lipinski definition) is 3. The first-order valence-corrected chi connectivity index (χ1v) is 5.80. The second-order valence-corrected chi connectivity index (χ2v) is 4.71. The minimum atomic E-state index is -0.951. The van der Waals surface area contributed by atoms with Gasteiger partial charge in [-0.25, -0.2) is 0 Å². The van der Waals surface area contributed by atoms with E-state index in [9.17, 15) is 4.79 Å². The number of amidine groups is 1. The lowest BCUT2D eigenvalue weighted by molar-refractivity contribution is -0.133. The number of nitrogens with two attached hydrogens (primary N) is 1. The van der Waals surface area contributed by atoms with E-state index in [1.54, 1.807) is 0 Å². The highest BCUT2D eigenvalue weighted by Gasteiger charge is 2.51. The van der Waals surface area contributed by atoms with E-state index in [1.165, 1.54) is 0 Å². The lowest BCUT2D eigenvalue weighted by Gasteiger charge is -2.35. The van der Waals surface area contributed by atoms with E-state index in [4.69, 9.17) is 10.5 Å². The van der Waals surface area contributed by atoms with E-state index < -0.39 is 5.60 Å². The molecule has 2 atom stereocenters. The van der Waals surface area contributed by atoms with Crippen LogP contribution < -0.4 is 5.73 Å². The third kappa shape index (κ3) is 1.30. The summed E-state index contributed by atoms with van der Waals surface area (Å²) in [4.78, 5) is 15.8. The molecule has 4 nitrogen and oxygen atoms in total. The maximum atomic E-state index is 12.0. The Labute approximate surface area is 99.5 Å². The number of ether oxygens (including phenoxy) is 1. The van der Waals surface area contributed by atoms with Crippen molar-refractivity contribution in [1.82, 2.24) is 0 Å². The van der Waals surface area contributed by atoms with Gasteiger partial charge in [-0.3, -0.25) is 4.79 Å². The number of carbonyl (C=O) groups excluding carboxylic acids is 1. The van der Waals surface area contributed by atoms with E-state index in [-0.39, 0.29) is 11.9 Å². The highest BCUT2D eigenvalue weighted by Crippen LogP contribution is 2.45. The molecule has 0 saturated carbocycles. The van der Waals surface area contributed by atoms with E-state index in [0.29, 0.717) is 12.3 Å². The van der Waals surface area contributed by atoms with Gasteiger partial charge in [0.05, 0.1) is 0 Å². The third-order valence-corrected chi connectivity index (χ3v) is 3.69. The number of aliphatic imine (C=N–C) groups is 1. The molecule has 1 amide bonds. The van der Waals surface area contributed by atoms with Gasteiger partial charge in [-0.05, 0) is 17.9 Å². The smallest absolute Gasteiger partial charge is 0.299 e. The van der Waals surface area contributed by atoms with Crippen molar-refractivity contribution in [3.8, 4) is 0 Å². The lowest BCUT2D eigenvalue weighted by atomic mass is 9.74. The number of hydrogen-bond donors (Lipinski definition) is 1. The molecule has 2 aliphatic rings. The third-order valence-electron chi connectivity index (χ3n) is 3.69. The fourth-order valence-corrected chi connectivity index (χ4v) is 2.77. The Morgan fingerprint density at radius 3 is 2.94 bits per heavy atom. The van der Waals surface area contributed by atoms with Crippen molar-refractivity contribution < 1.29 is 9.53 Å². The second kappa shape index (κ2) is 3.32. The molecule has 1 heterocycles. The topological polar surface area (TPSA) is 64.7 Å². The van der Waals surface area contributed by atoms with E-state index >= 15 is 0 Å². The zero-order valence-electron chi connectivity index (χ0n) is 9.64. The van der Waals surface area contributed by atoms with E-state index in [1.807, 2.05) is 24.3 Å². The monoisotopic (exact) mass is 230 g/mol. The minimum absolute atomic E-state index is 0.0145. The number of amides is 1. The summed E-state index contributed by atoms with van der Waals surface area (Å²) in [6.07, 6.45) is 1.56. The quantitative estimate of drug-likeness (QED) is 0.737. The van der Waals surface area contributed by atoms with Gasteiger partial charge in [0, 0.05) is 12.0 Å². The molecule has 4 heteroatoms. The van der Waals surface area contributed by atoms with Crippen LogP contribution in [0, 0.1) is 0 Å². The summed E-state index contributed by atoms with van der Waals surface area (Å²) < 4.78 is 5.56. The van der Waals surface area contributed by atoms with Crippen molar-refractivity contribution in [2.24, 2.45) is 10.7 Å². The van der Waals surface area contributed by atoms with Crippen LogP contribution in [0.2, 0.25) is 0 Å². The molecule has 0 fully saturated rings. The summed E-state index contributed by atoms with van der Waals surface area (Å²) in [7, 11) is 0. The number of nitrogens with zero attached hydrogens (tertiary/aromatic N) is 1. The normalized spacial score (nSPS) is 31.0. The first-order valence-electron chi connectivity index (χ1n) is 5.80. The van der Waals surface area contributed by atoms with Gasteiger partial charge in [0.25, 0.3) is 11.9 Å². The fraction of sp³-hybridized carbons (Fsp3) is 0.385. The molecule has 1 aliphatic heterocycles. The molecule has 1 aromatic carbocycles. The number of carbonyl (C=O) groups is 1. The molecule has 0 saturated heterocycles. The van der Waals surface area contributed by atoms with Crippen molar-refractivity contribution >= 4 is 11.9 Å². The largest absolute Gasteiger partial charge is 0.443 e. The van der Waals surface area contributed by atoms with Crippen LogP contribution in [-0.4, -0.2) is 11.9 Å². The van der Waals surface area contributed by atoms with Gasteiger partial charge in [0.15, 0.2) is 0 Å². The summed E-state index contributed by atoms with van der Waals surface area (Å²) in [6, 6.07) is 7.88. The van der Waals surface area contributed by atoms with Crippen molar-refractivity contribution in [2.45, 2.75) is 31.3 Å². The molecule has 17 heavy (non-hydrogen) atoms. The summed E-state index contributed by atoms with van der Waals surface area (Å²) >= 11 is 0. The van der Waals surface area contributed by atoms with Crippen LogP contribution in [0.4, 0.5) is 0 Å². The maximum absolute atomic E-state index is 12.0. The molecule has 0 radical (unpaired) electrons. The van der Waals surface area contributed by atoms with Crippen LogP contribution in [0.25, 0.3) is 0 Å². The maximum Gasteiger partial charge on any atom is 0.299 e. The Kier molecular flexibility index (Phi) is 2.02. The predicted octanol–water partition coefficient (Wildman–Crippen LogP) is 1.65.